The van der Waals surface area contributed by atoms with Crippen LogP contribution in [0.15, 0.2) is 46.6 Å². The van der Waals surface area contributed by atoms with Crippen molar-refractivity contribution in [1.82, 2.24) is 0 Å². The van der Waals surface area contributed by atoms with Gasteiger partial charge in [0.2, 0.25) is 0 Å². The minimum absolute atomic E-state index is 0.0713. The summed E-state index contributed by atoms with van der Waals surface area (Å²) in [5, 5.41) is 19.4. The fraction of sp³-hybridized carbons (Fsp3) is 0.400. The van der Waals surface area contributed by atoms with Crippen LogP contribution in [-0.2, 0) is 0 Å². The lowest BCUT2D eigenvalue weighted by Gasteiger charge is -2.29. The fourth-order valence-electron chi connectivity index (χ4n) is 2.64. The topological polar surface area (TPSA) is 71.1 Å². The van der Waals surface area contributed by atoms with E-state index >= 15 is 0 Å². The number of hydrogen-bond acceptors (Lipinski definition) is 5. The number of azo groups is 1. The van der Waals surface area contributed by atoms with Gasteiger partial charge in [-0.25, -0.2) is 0 Å². The summed E-state index contributed by atoms with van der Waals surface area (Å²) in [6.07, 6.45) is 0. The molecule has 0 amide bonds. The molecule has 2 aromatic carbocycles. The molecule has 0 saturated carbocycles. The molecule has 0 bridgehead atoms. The van der Waals surface area contributed by atoms with Gasteiger partial charge in [0, 0.05) is 24.4 Å². The number of anilines is 1. The Hall–Kier alpha value is -2.51. The monoisotopic (exact) mass is 404 g/mol. The van der Waals surface area contributed by atoms with Crippen molar-refractivity contribution in [2.75, 3.05) is 45.7 Å². The highest BCUT2D eigenvalue weighted by atomic mass is 35.5. The third kappa shape index (κ3) is 6.00. The molecule has 0 spiro atoms. The van der Waals surface area contributed by atoms with E-state index in [0.29, 0.717) is 5.69 Å². The van der Waals surface area contributed by atoms with E-state index in [1.54, 1.807) is 0 Å². The highest BCUT2D eigenvalue weighted by Gasteiger charge is 2.13. The van der Waals surface area contributed by atoms with Gasteiger partial charge in [0.1, 0.15) is 5.69 Å². The van der Waals surface area contributed by atoms with E-state index in [2.05, 4.69) is 49.3 Å². The van der Waals surface area contributed by atoms with Gasteiger partial charge in [0.25, 0.3) is 5.69 Å². The van der Waals surface area contributed by atoms with Crippen LogP contribution in [0.25, 0.3) is 0 Å². The Kier molecular flexibility index (Phi) is 7.10. The molecule has 0 aliphatic heterocycles. The van der Waals surface area contributed by atoms with Crippen molar-refractivity contribution in [2.45, 2.75) is 13.8 Å². The summed E-state index contributed by atoms with van der Waals surface area (Å²) in [6, 6.07) is 10.2. The van der Waals surface area contributed by atoms with Crippen LogP contribution in [0.1, 0.15) is 12.5 Å². The Morgan fingerprint density at radius 1 is 1.11 bits per heavy atom. The third-order valence-corrected chi connectivity index (χ3v) is 4.68. The molecule has 150 valence electrons. The van der Waals surface area contributed by atoms with Crippen LogP contribution in [0, 0.1) is 17.0 Å². The van der Waals surface area contributed by atoms with Gasteiger partial charge < -0.3 is 9.38 Å². The maximum absolute atomic E-state index is 10.8. The molecule has 0 unspecified atom stereocenters. The van der Waals surface area contributed by atoms with Gasteiger partial charge in [0.15, 0.2) is 0 Å². The molecule has 0 aromatic heterocycles. The van der Waals surface area contributed by atoms with Crippen molar-refractivity contribution < 1.29 is 9.41 Å². The molecule has 0 N–H and O–H groups in total. The van der Waals surface area contributed by atoms with E-state index in [1.165, 1.54) is 18.2 Å². The van der Waals surface area contributed by atoms with E-state index < -0.39 is 4.92 Å². The zero-order valence-electron chi connectivity index (χ0n) is 17.0. The number of benzene rings is 2. The lowest BCUT2D eigenvalue weighted by molar-refractivity contribution is -0.868. The van der Waals surface area contributed by atoms with E-state index in [-0.39, 0.29) is 10.7 Å². The SMILES string of the molecule is CCN(CC[N+](C)(C)C)c1ccc(N=Nc2ccc([N+](=O)[O-])cc2Cl)c(C)c1. The second kappa shape index (κ2) is 9.12. The van der Waals surface area contributed by atoms with Gasteiger partial charge in [-0.3, -0.25) is 10.1 Å². The molecule has 0 aliphatic rings. The maximum Gasteiger partial charge on any atom is 0.271 e. The highest BCUT2D eigenvalue weighted by Crippen LogP contribution is 2.32. The van der Waals surface area contributed by atoms with E-state index in [1.807, 2.05) is 19.1 Å². The van der Waals surface area contributed by atoms with Crippen molar-refractivity contribution in [3.05, 3.63) is 57.1 Å². The number of halogens is 1. The average molecular weight is 405 g/mol. The summed E-state index contributed by atoms with van der Waals surface area (Å²) < 4.78 is 0.914. The summed E-state index contributed by atoms with van der Waals surface area (Å²) in [6.45, 7) is 7.09. The smallest absolute Gasteiger partial charge is 0.271 e. The minimum atomic E-state index is -0.492. The van der Waals surface area contributed by atoms with E-state index in [0.717, 1.165) is 41.1 Å². The Morgan fingerprint density at radius 3 is 2.29 bits per heavy atom. The van der Waals surface area contributed by atoms with Crippen LogP contribution < -0.4 is 4.90 Å². The number of nitrogens with zero attached hydrogens (tertiary/aromatic N) is 5. The standard InChI is InChI=1S/C20H27ClN5O2/c1-6-24(11-12-26(3,4)5)16-7-9-19(15(2)13-16)22-23-20-10-8-17(25(27)28)14-18(20)21/h7-10,13-14H,6,11-12H2,1-5H3/q+1. The number of likely N-dealkylation sites (N-methyl/N-ethyl adjacent to an activating group) is 2. The molecule has 7 nitrogen and oxygen atoms in total. The van der Waals surface area contributed by atoms with Gasteiger partial charge in [0.05, 0.1) is 49.9 Å². The van der Waals surface area contributed by atoms with Gasteiger partial charge >= 0.3 is 0 Å². The number of nitro benzene ring substituents is 1. The molecule has 0 aliphatic carbocycles. The van der Waals surface area contributed by atoms with Crippen molar-refractivity contribution in [3.63, 3.8) is 0 Å². The highest BCUT2D eigenvalue weighted by molar-refractivity contribution is 6.33. The number of quaternary nitrogens is 1. The minimum Gasteiger partial charge on any atom is -0.366 e. The van der Waals surface area contributed by atoms with Crippen molar-refractivity contribution in [1.29, 1.82) is 0 Å². The van der Waals surface area contributed by atoms with Gasteiger partial charge in [-0.05, 0) is 43.7 Å². The molecule has 0 atom stereocenters. The second-order valence-corrected chi connectivity index (χ2v) is 8.06. The van der Waals surface area contributed by atoms with Gasteiger partial charge in [-0.2, -0.15) is 5.11 Å². The van der Waals surface area contributed by atoms with Crippen LogP contribution in [0.4, 0.5) is 22.7 Å². The summed E-state index contributed by atoms with van der Waals surface area (Å²) in [7, 11) is 6.56. The summed E-state index contributed by atoms with van der Waals surface area (Å²) in [5.74, 6) is 0. The maximum atomic E-state index is 10.8. The van der Waals surface area contributed by atoms with Crippen LogP contribution >= 0.6 is 11.6 Å². The number of aryl methyl sites for hydroxylation is 1. The molecule has 0 radical (unpaired) electrons. The Morgan fingerprint density at radius 2 is 1.75 bits per heavy atom. The molecular weight excluding hydrogens is 378 g/mol. The Labute approximate surface area is 171 Å². The molecule has 0 saturated heterocycles. The quantitative estimate of drug-likeness (QED) is 0.252. The molecule has 8 heteroatoms. The summed E-state index contributed by atoms with van der Waals surface area (Å²) >= 11 is 6.07. The van der Waals surface area contributed by atoms with Gasteiger partial charge in [-0.1, -0.05) is 11.6 Å². The zero-order valence-corrected chi connectivity index (χ0v) is 17.8. The van der Waals surface area contributed by atoms with Crippen molar-refractivity contribution >= 4 is 34.4 Å². The predicted octanol–water partition coefficient (Wildman–Crippen LogP) is 5.50. The first kappa shape index (κ1) is 21.8. The molecule has 0 fully saturated rings. The molecular formula is C20H27ClN5O2+. The van der Waals surface area contributed by atoms with Crippen LogP contribution in [0.2, 0.25) is 5.02 Å². The number of nitro groups is 1. The molecule has 2 aromatic rings. The second-order valence-electron chi connectivity index (χ2n) is 7.66. The van der Waals surface area contributed by atoms with E-state index in [4.69, 9.17) is 11.6 Å². The predicted molar refractivity (Wildman–Crippen MR) is 114 cm³/mol. The number of non-ortho nitro benzene ring substituents is 1. The first-order valence-corrected chi connectivity index (χ1v) is 9.50. The fourth-order valence-corrected chi connectivity index (χ4v) is 2.85. The summed E-state index contributed by atoms with van der Waals surface area (Å²) in [4.78, 5) is 12.6. The average Bonchev–Trinajstić information content (AvgIpc) is 2.61. The van der Waals surface area contributed by atoms with Crippen LogP contribution in [0.5, 0.6) is 0 Å². The molecule has 28 heavy (non-hydrogen) atoms. The third-order valence-electron chi connectivity index (χ3n) is 4.38. The van der Waals surface area contributed by atoms with Crippen LogP contribution in [-0.4, -0.2) is 50.2 Å². The van der Waals surface area contributed by atoms with Crippen molar-refractivity contribution in [2.24, 2.45) is 10.2 Å². The Balaban J connectivity index is 2.18. The largest absolute Gasteiger partial charge is 0.366 e. The number of rotatable bonds is 8. The summed E-state index contributed by atoms with van der Waals surface area (Å²) in [5.41, 5.74) is 3.22. The Bertz CT molecular complexity index is 877. The van der Waals surface area contributed by atoms with Crippen molar-refractivity contribution in [3.8, 4) is 0 Å². The first-order valence-electron chi connectivity index (χ1n) is 9.12. The molecule has 0 heterocycles. The normalized spacial score (nSPS) is 11.8. The number of hydrogen-bond donors (Lipinski definition) is 0. The van der Waals surface area contributed by atoms with Gasteiger partial charge in [-0.15, -0.1) is 5.11 Å². The lowest BCUT2D eigenvalue weighted by Crippen LogP contribution is -2.42. The zero-order chi connectivity index (χ0) is 20.9. The lowest BCUT2D eigenvalue weighted by atomic mass is 10.1. The van der Waals surface area contributed by atoms with Crippen LogP contribution in [0.3, 0.4) is 0 Å². The first-order chi connectivity index (χ1) is 13.1. The van der Waals surface area contributed by atoms with E-state index in [9.17, 15) is 10.1 Å². The molecule has 2 rings (SSSR count).